The van der Waals surface area contributed by atoms with Crippen LogP contribution in [0.1, 0.15) is 0 Å². The van der Waals surface area contributed by atoms with Crippen LogP contribution in [0.5, 0.6) is 0 Å². The van der Waals surface area contributed by atoms with Gasteiger partial charge >= 0.3 is 11.7 Å². The molecule has 4 aromatic rings. The number of para-hydroxylation sites is 1. The zero-order chi connectivity index (χ0) is 22.9. The largest absolute Gasteiger partial charge is 0.333 e. The molecular formula is C21H15ClN4O5S. The highest BCUT2D eigenvalue weighted by Gasteiger charge is 2.18. The van der Waals surface area contributed by atoms with Crippen molar-refractivity contribution in [2.24, 2.45) is 0 Å². The molecule has 0 aliphatic heterocycles. The van der Waals surface area contributed by atoms with E-state index in [4.69, 9.17) is 11.6 Å². The van der Waals surface area contributed by atoms with Crippen LogP contribution in [0, 0.1) is 0 Å². The molecule has 3 N–H and O–H groups in total. The molecule has 0 saturated heterocycles. The van der Waals surface area contributed by atoms with Crippen molar-refractivity contribution in [3.63, 3.8) is 0 Å². The fourth-order valence-corrected chi connectivity index (χ4v) is 4.27. The number of urea groups is 1. The number of sulfonamides is 1. The van der Waals surface area contributed by atoms with Crippen molar-refractivity contribution in [1.82, 2.24) is 14.3 Å². The maximum atomic E-state index is 12.7. The van der Waals surface area contributed by atoms with Crippen molar-refractivity contribution in [3.05, 3.63) is 98.7 Å². The number of aromatic amines is 1. The Bertz CT molecular complexity index is 1560. The van der Waals surface area contributed by atoms with E-state index in [9.17, 15) is 22.8 Å². The lowest BCUT2D eigenvalue weighted by atomic mass is 10.2. The minimum Gasteiger partial charge on any atom is -0.307 e. The number of rotatable bonds is 4. The summed E-state index contributed by atoms with van der Waals surface area (Å²) in [7, 11) is -4.12. The summed E-state index contributed by atoms with van der Waals surface area (Å²) in [5.41, 5.74) is -0.151. The molecule has 1 heterocycles. The second-order valence-electron chi connectivity index (χ2n) is 6.68. The van der Waals surface area contributed by atoms with E-state index in [-0.39, 0.29) is 21.3 Å². The average Bonchev–Trinajstić information content (AvgIpc) is 2.74. The second-order valence-corrected chi connectivity index (χ2v) is 8.80. The fourth-order valence-electron chi connectivity index (χ4n) is 3.06. The molecule has 2 amide bonds. The monoisotopic (exact) mass is 470 g/mol. The van der Waals surface area contributed by atoms with Crippen LogP contribution in [0.15, 0.2) is 87.3 Å². The van der Waals surface area contributed by atoms with Gasteiger partial charge in [0.2, 0.25) is 0 Å². The van der Waals surface area contributed by atoms with Crippen molar-refractivity contribution in [3.8, 4) is 5.69 Å². The Hall–Kier alpha value is -3.89. The zero-order valence-electron chi connectivity index (χ0n) is 16.2. The van der Waals surface area contributed by atoms with Crippen LogP contribution in [0.4, 0.5) is 10.5 Å². The van der Waals surface area contributed by atoms with Crippen LogP contribution in [-0.2, 0) is 10.0 Å². The number of anilines is 1. The number of H-pyrrole nitrogens is 1. The van der Waals surface area contributed by atoms with Crippen molar-refractivity contribution < 1.29 is 13.2 Å². The zero-order valence-corrected chi connectivity index (χ0v) is 17.8. The molecule has 0 saturated carbocycles. The first-order valence-electron chi connectivity index (χ1n) is 9.18. The number of hydrogen-bond acceptors (Lipinski definition) is 5. The summed E-state index contributed by atoms with van der Waals surface area (Å²) >= 11 is 5.80. The van der Waals surface area contributed by atoms with E-state index in [2.05, 4.69) is 10.3 Å². The SMILES string of the molecule is O=C(Nc1ccc(-n2c(=O)[nH]c3ccccc3c2=O)cc1)NS(=O)(=O)c1cccc(Cl)c1. The topological polar surface area (TPSA) is 130 Å². The highest BCUT2D eigenvalue weighted by molar-refractivity contribution is 7.90. The van der Waals surface area contributed by atoms with Crippen molar-refractivity contribution in [1.29, 1.82) is 0 Å². The van der Waals surface area contributed by atoms with Crippen LogP contribution in [0.2, 0.25) is 5.02 Å². The Morgan fingerprint density at radius 1 is 0.938 bits per heavy atom. The molecule has 0 atom stereocenters. The van der Waals surface area contributed by atoms with Gasteiger partial charge < -0.3 is 10.3 Å². The molecule has 0 fully saturated rings. The predicted molar refractivity (Wildman–Crippen MR) is 121 cm³/mol. The number of hydrogen-bond donors (Lipinski definition) is 3. The van der Waals surface area contributed by atoms with E-state index in [1.165, 1.54) is 48.5 Å². The van der Waals surface area contributed by atoms with Gasteiger partial charge in [-0.2, -0.15) is 0 Å². The molecule has 0 aliphatic carbocycles. The molecule has 0 unspecified atom stereocenters. The maximum absolute atomic E-state index is 12.7. The summed E-state index contributed by atoms with van der Waals surface area (Å²) in [6.07, 6.45) is 0. The Morgan fingerprint density at radius 2 is 1.66 bits per heavy atom. The van der Waals surface area contributed by atoms with Crippen molar-refractivity contribution >= 4 is 44.2 Å². The smallest absolute Gasteiger partial charge is 0.307 e. The van der Waals surface area contributed by atoms with Crippen LogP contribution < -0.4 is 21.3 Å². The van der Waals surface area contributed by atoms with E-state index in [1.807, 2.05) is 4.72 Å². The van der Waals surface area contributed by atoms with Gasteiger partial charge in [0.1, 0.15) is 0 Å². The quantitative estimate of drug-likeness (QED) is 0.422. The summed E-state index contributed by atoms with van der Waals surface area (Å²) < 4.78 is 27.5. The Balaban J connectivity index is 1.55. The van der Waals surface area contributed by atoms with E-state index in [0.29, 0.717) is 10.9 Å². The summed E-state index contributed by atoms with van der Waals surface area (Å²) in [5.74, 6) is 0. The number of fused-ring (bicyclic) bond motifs is 1. The van der Waals surface area contributed by atoms with Gasteiger partial charge in [0.25, 0.3) is 15.6 Å². The van der Waals surface area contributed by atoms with Gasteiger partial charge in [-0.3, -0.25) is 4.79 Å². The van der Waals surface area contributed by atoms with Gasteiger partial charge in [-0.05, 0) is 54.6 Å². The number of nitrogens with one attached hydrogen (secondary N) is 3. The van der Waals surface area contributed by atoms with E-state index in [1.54, 1.807) is 24.3 Å². The highest BCUT2D eigenvalue weighted by atomic mass is 35.5. The first-order chi connectivity index (χ1) is 15.2. The fraction of sp³-hybridized carbons (Fsp3) is 0. The van der Waals surface area contributed by atoms with E-state index < -0.39 is 27.3 Å². The first-order valence-corrected chi connectivity index (χ1v) is 11.0. The number of nitrogens with zero attached hydrogens (tertiary/aromatic N) is 1. The molecule has 11 heteroatoms. The van der Waals surface area contributed by atoms with E-state index >= 15 is 0 Å². The summed E-state index contributed by atoms with van der Waals surface area (Å²) in [4.78, 5) is 39.7. The van der Waals surface area contributed by atoms with Gasteiger partial charge in [0.05, 0.1) is 21.5 Å². The standard InChI is InChI=1S/C21H15ClN4O5S/c22-13-4-3-5-16(12-13)32(30,31)25-20(28)23-14-8-10-15(11-9-14)26-19(27)17-6-1-2-7-18(17)24-21(26)29/h1-12H,(H,24,29)(H2,23,25,28). The normalized spacial score (nSPS) is 11.3. The van der Waals surface area contributed by atoms with Crippen molar-refractivity contribution in [2.45, 2.75) is 4.90 Å². The molecule has 4 rings (SSSR count). The molecule has 0 radical (unpaired) electrons. The Morgan fingerprint density at radius 3 is 2.38 bits per heavy atom. The highest BCUT2D eigenvalue weighted by Crippen LogP contribution is 2.16. The molecule has 32 heavy (non-hydrogen) atoms. The number of benzene rings is 3. The second kappa shape index (κ2) is 8.33. The van der Waals surface area contributed by atoms with Crippen LogP contribution in [0.3, 0.4) is 0 Å². The average molecular weight is 471 g/mol. The van der Waals surface area contributed by atoms with E-state index in [0.717, 1.165) is 4.57 Å². The molecule has 3 aromatic carbocycles. The minimum absolute atomic E-state index is 0.162. The molecule has 0 spiro atoms. The molecule has 0 bridgehead atoms. The van der Waals surface area contributed by atoms with Gasteiger partial charge in [0, 0.05) is 10.7 Å². The van der Waals surface area contributed by atoms with Gasteiger partial charge in [-0.15, -0.1) is 0 Å². The third-order valence-electron chi connectivity index (χ3n) is 4.52. The Labute approximate surface area is 186 Å². The summed E-state index contributed by atoms with van der Waals surface area (Å²) in [6, 6.07) is 16.9. The van der Waals surface area contributed by atoms with Crippen LogP contribution in [-0.4, -0.2) is 24.0 Å². The predicted octanol–water partition coefficient (Wildman–Crippen LogP) is 2.84. The molecule has 9 nitrogen and oxygen atoms in total. The Kier molecular flexibility index (Phi) is 5.56. The van der Waals surface area contributed by atoms with Crippen LogP contribution in [0.25, 0.3) is 16.6 Å². The molecular weight excluding hydrogens is 456 g/mol. The third-order valence-corrected chi connectivity index (χ3v) is 6.09. The van der Waals surface area contributed by atoms with Gasteiger partial charge in [-0.25, -0.2) is 27.3 Å². The lowest BCUT2D eigenvalue weighted by molar-refractivity contribution is 0.256. The molecule has 162 valence electrons. The number of halogens is 1. The van der Waals surface area contributed by atoms with Crippen molar-refractivity contribution in [2.75, 3.05) is 5.32 Å². The van der Waals surface area contributed by atoms with Gasteiger partial charge in [-0.1, -0.05) is 29.8 Å². The minimum atomic E-state index is -4.12. The lowest BCUT2D eigenvalue weighted by Gasteiger charge is -2.10. The maximum Gasteiger partial charge on any atom is 0.333 e. The number of aromatic nitrogens is 2. The van der Waals surface area contributed by atoms with Gasteiger partial charge in [0.15, 0.2) is 0 Å². The third kappa shape index (κ3) is 4.27. The summed E-state index contributed by atoms with van der Waals surface area (Å²) in [6.45, 7) is 0. The molecule has 0 aliphatic rings. The molecule has 1 aromatic heterocycles. The number of amides is 2. The first kappa shape index (κ1) is 21.3. The van der Waals surface area contributed by atoms with Crippen LogP contribution >= 0.6 is 11.6 Å². The number of carbonyl (C=O) groups is 1. The summed E-state index contributed by atoms with van der Waals surface area (Å²) in [5, 5.41) is 2.94. The number of carbonyl (C=O) groups excluding carboxylic acids is 1. The lowest BCUT2D eigenvalue weighted by Crippen LogP contribution is -2.34.